The lowest BCUT2D eigenvalue weighted by atomic mass is 9.97. The Labute approximate surface area is 91.4 Å². The van der Waals surface area contributed by atoms with Crippen LogP contribution in [0.4, 0.5) is 0 Å². The average molecular weight is 214 g/mol. The van der Waals surface area contributed by atoms with Crippen LogP contribution in [0.3, 0.4) is 0 Å². The third kappa shape index (κ3) is 3.80. The summed E-state index contributed by atoms with van der Waals surface area (Å²) in [5, 5.41) is 15.6. The molecule has 1 aliphatic rings. The van der Waals surface area contributed by atoms with E-state index in [0.717, 1.165) is 19.5 Å². The molecule has 4 nitrogen and oxygen atoms in total. The van der Waals surface area contributed by atoms with Gasteiger partial charge in [-0.1, -0.05) is 0 Å². The maximum Gasteiger partial charge on any atom is 0.220 e. The molecular weight excluding hydrogens is 192 g/mol. The van der Waals surface area contributed by atoms with Crippen LogP contribution in [0.2, 0.25) is 0 Å². The first-order valence-electron chi connectivity index (χ1n) is 5.61. The molecule has 1 fully saturated rings. The van der Waals surface area contributed by atoms with E-state index in [1.165, 1.54) is 0 Å². The van der Waals surface area contributed by atoms with Gasteiger partial charge >= 0.3 is 0 Å². The van der Waals surface area contributed by atoms with Crippen molar-refractivity contribution in [3.05, 3.63) is 0 Å². The van der Waals surface area contributed by atoms with Gasteiger partial charge in [0, 0.05) is 6.42 Å². The van der Waals surface area contributed by atoms with Gasteiger partial charge in [-0.2, -0.15) is 0 Å². The Hall–Kier alpha value is -0.610. The van der Waals surface area contributed by atoms with Crippen LogP contribution in [0.1, 0.15) is 33.6 Å². The van der Waals surface area contributed by atoms with Crippen molar-refractivity contribution in [2.75, 3.05) is 13.1 Å². The third-order valence-electron chi connectivity index (χ3n) is 3.14. The predicted molar refractivity (Wildman–Crippen MR) is 59.5 cm³/mol. The van der Waals surface area contributed by atoms with Crippen LogP contribution in [-0.4, -0.2) is 35.7 Å². The van der Waals surface area contributed by atoms with E-state index in [4.69, 9.17) is 0 Å². The molecule has 3 N–H and O–H groups in total. The van der Waals surface area contributed by atoms with E-state index >= 15 is 0 Å². The van der Waals surface area contributed by atoms with E-state index < -0.39 is 11.6 Å². The number of nitrogens with one attached hydrogen (secondary N) is 2. The number of amides is 1. The zero-order valence-corrected chi connectivity index (χ0v) is 9.84. The van der Waals surface area contributed by atoms with Crippen LogP contribution in [0.15, 0.2) is 0 Å². The Kier molecular flexibility index (Phi) is 4.11. The van der Waals surface area contributed by atoms with Gasteiger partial charge in [0.2, 0.25) is 5.91 Å². The van der Waals surface area contributed by atoms with Crippen molar-refractivity contribution in [1.82, 2.24) is 10.6 Å². The van der Waals surface area contributed by atoms with E-state index in [9.17, 15) is 9.90 Å². The molecule has 1 saturated heterocycles. The Balaban J connectivity index is 2.34. The van der Waals surface area contributed by atoms with Crippen molar-refractivity contribution in [2.45, 2.75) is 45.3 Å². The predicted octanol–water partition coefficient (Wildman–Crippen LogP) is 0.262. The summed E-state index contributed by atoms with van der Waals surface area (Å²) in [5.74, 6) is 0.490. The number of rotatable bonds is 4. The number of carbonyl (C=O) groups excluding carboxylic acids is 1. The molecule has 1 aliphatic heterocycles. The van der Waals surface area contributed by atoms with Gasteiger partial charge in [-0.05, 0) is 46.2 Å². The van der Waals surface area contributed by atoms with Crippen molar-refractivity contribution >= 4 is 5.91 Å². The van der Waals surface area contributed by atoms with Gasteiger partial charge in [-0.15, -0.1) is 0 Å². The first-order valence-corrected chi connectivity index (χ1v) is 5.61. The van der Waals surface area contributed by atoms with Crippen LogP contribution in [0.25, 0.3) is 0 Å². The monoisotopic (exact) mass is 214 g/mol. The van der Waals surface area contributed by atoms with Gasteiger partial charge in [0.05, 0.1) is 11.6 Å². The van der Waals surface area contributed by atoms with Crippen LogP contribution in [-0.2, 0) is 4.79 Å². The molecule has 0 spiro atoms. The van der Waals surface area contributed by atoms with Gasteiger partial charge in [0.15, 0.2) is 0 Å². The molecular formula is C11H22N2O2. The normalized spacial score (nSPS) is 23.9. The summed E-state index contributed by atoms with van der Waals surface area (Å²) >= 11 is 0. The molecule has 0 saturated carbocycles. The average Bonchev–Trinajstić information content (AvgIpc) is 2.54. The molecule has 88 valence electrons. The Morgan fingerprint density at radius 2 is 2.33 bits per heavy atom. The minimum absolute atomic E-state index is 0.0367. The van der Waals surface area contributed by atoms with Crippen molar-refractivity contribution < 1.29 is 9.90 Å². The number of hydrogen-bond acceptors (Lipinski definition) is 3. The Morgan fingerprint density at radius 1 is 1.67 bits per heavy atom. The second-order valence-electron chi connectivity index (χ2n) is 5.01. The van der Waals surface area contributed by atoms with E-state index in [2.05, 4.69) is 10.6 Å². The molecule has 0 aromatic heterocycles. The third-order valence-corrected chi connectivity index (χ3v) is 3.14. The molecule has 0 aliphatic carbocycles. The summed E-state index contributed by atoms with van der Waals surface area (Å²) < 4.78 is 0. The fourth-order valence-corrected chi connectivity index (χ4v) is 1.67. The molecule has 0 aromatic rings. The Bertz CT molecular complexity index is 221. The molecule has 4 heteroatoms. The summed E-state index contributed by atoms with van der Waals surface area (Å²) in [5.41, 5.74) is -0.539. The highest BCUT2D eigenvalue weighted by molar-refractivity contribution is 5.77. The fourth-order valence-electron chi connectivity index (χ4n) is 1.67. The summed E-state index contributed by atoms with van der Waals surface area (Å²) in [7, 11) is 0. The molecule has 1 heterocycles. The topological polar surface area (TPSA) is 61.4 Å². The van der Waals surface area contributed by atoms with Gasteiger partial charge in [0.25, 0.3) is 0 Å². The van der Waals surface area contributed by atoms with E-state index in [0.29, 0.717) is 12.3 Å². The highest BCUT2D eigenvalue weighted by Crippen LogP contribution is 2.14. The van der Waals surface area contributed by atoms with Crippen molar-refractivity contribution in [1.29, 1.82) is 0 Å². The van der Waals surface area contributed by atoms with Crippen LogP contribution in [0, 0.1) is 5.92 Å². The number of aliphatic hydroxyl groups excluding tert-OH is 1. The number of aliphatic hydroxyl groups is 1. The second kappa shape index (κ2) is 4.94. The fraction of sp³-hybridized carbons (Fsp3) is 0.909. The van der Waals surface area contributed by atoms with Gasteiger partial charge in [0.1, 0.15) is 0 Å². The van der Waals surface area contributed by atoms with Gasteiger partial charge in [-0.3, -0.25) is 4.79 Å². The first-order chi connectivity index (χ1) is 6.92. The summed E-state index contributed by atoms with van der Waals surface area (Å²) in [6.07, 6.45) is 1.09. The molecule has 0 aromatic carbocycles. The molecule has 0 radical (unpaired) electrons. The van der Waals surface area contributed by atoms with Crippen molar-refractivity contribution in [2.24, 2.45) is 5.92 Å². The minimum Gasteiger partial charge on any atom is -0.391 e. The van der Waals surface area contributed by atoms with Crippen LogP contribution < -0.4 is 10.6 Å². The minimum atomic E-state index is -0.539. The molecule has 0 bridgehead atoms. The van der Waals surface area contributed by atoms with Crippen molar-refractivity contribution in [3.8, 4) is 0 Å². The molecule has 1 amide bonds. The number of hydrogen-bond donors (Lipinski definition) is 3. The summed E-state index contributed by atoms with van der Waals surface area (Å²) in [6.45, 7) is 7.31. The highest BCUT2D eigenvalue weighted by Gasteiger charge is 2.27. The summed E-state index contributed by atoms with van der Waals surface area (Å²) in [6, 6.07) is 0. The van der Waals surface area contributed by atoms with Gasteiger partial charge in [-0.25, -0.2) is 0 Å². The van der Waals surface area contributed by atoms with E-state index in [-0.39, 0.29) is 5.91 Å². The van der Waals surface area contributed by atoms with Crippen molar-refractivity contribution in [3.63, 3.8) is 0 Å². The van der Waals surface area contributed by atoms with E-state index in [1.54, 1.807) is 6.92 Å². The quantitative estimate of drug-likeness (QED) is 0.629. The van der Waals surface area contributed by atoms with E-state index in [1.807, 2.05) is 13.8 Å². The SMILES string of the molecule is CC(O)C(C)(C)NC(=O)CC1CCNC1. The molecule has 15 heavy (non-hydrogen) atoms. The maximum atomic E-state index is 11.7. The van der Waals surface area contributed by atoms with Gasteiger partial charge < -0.3 is 15.7 Å². The smallest absolute Gasteiger partial charge is 0.220 e. The first kappa shape index (κ1) is 12.5. The highest BCUT2D eigenvalue weighted by atomic mass is 16.3. The Morgan fingerprint density at radius 3 is 2.80 bits per heavy atom. The largest absolute Gasteiger partial charge is 0.391 e. The van der Waals surface area contributed by atoms with Crippen LogP contribution in [0.5, 0.6) is 0 Å². The lowest BCUT2D eigenvalue weighted by molar-refractivity contribution is -0.124. The molecule has 2 unspecified atom stereocenters. The second-order valence-corrected chi connectivity index (χ2v) is 5.01. The molecule has 1 rings (SSSR count). The lowest BCUT2D eigenvalue weighted by Crippen LogP contribution is -2.51. The zero-order chi connectivity index (χ0) is 11.5. The standard InChI is InChI=1S/C11H22N2O2/c1-8(14)11(2,3)13-10(15)6-9-4-5-12-7-9/h8-9,12,14H,4-7H2,1-3H3,(H,13,15). The maximum absolute atomic E-state index is 11.7. The lowest BCUT2D eigenvalue weighted by Gasteiger charge is -2.29. The zero-order valence-electron chi connectivity index (χ0n) is 9.84. The molecule has 2 atom stereocenters. The number of carbonyl (C=O) groups is 1. The summed E-state index contributed by atoms with van der Waals surface area (Å²) in [4.78, 5) is 11.7. The van der Waals surface area contributed by atoms with Crippen LogP contribution >= 0.6 is 0 Å².